The summed E-state index contributed by atoms with van der Waals surface area (Å²) in [4.78, 5) is 3.62. The molecular weight excluding hydrogens is 255 g/mol. The third kappa shape index (κ3) is 3.86. The Morgan fingerprint density at radius 3 is 2.53 bits per heavy atom. The molecule has 17 heavy (non-hydrogen) atoms. The van der Waals surface area contributed by atoms with E-state index in [9.17, 15) is 23.4 Å². The van der Waals surface area contributed by atoms with Crippen molar-refractivity contribution in [2.24, 2.45) is 0 Å². The lowest BCUT2D eigenvalue weighted by Gasteiger charge is -2.17. The molecule has 0 spiro atoms. The minimum atomic E-state index is -4.49. The van der Waals surface area contributed by atoms with Crippen molar-refractivity contribution in [2.75, 3.05) is 5.75 Å². The molecule has 7 heteroatoms. The standard InChI is InChI=1S/C10H12F3NO2S/c11-10(12,13)6-1-3-14-7(5-6)9(16)8(15)2-4-17/h1,3,5,8-9,15-17H,2,4H2. The summed E-state index contributed by atoms with van der Waals surface area (Å²) in [6.07, 6.45) is -5.99. The summed E-state index contributed by atoms with van der Waals surface area (Å²) < 4.78 is 37.2. The second-order valence-electron chi connectivity index (χ2n) is 3.49. The van der Waals surface area contributed by atoms with E-state index in [4.69, 9.17) is 0 Å². The Labute approximate surface area is 102 Å². The lowest BCUT2D eigenvalue weighted by molar-refractivity contribution is -0.137. The van der Waals surface area contributed by atoms with Gasteiger partial charge < -0.3 is 10.2 Å². The van der Waals surface area contributed by atoms with Gasteiger partial charge in [0.2, 0.25) is 0 Å². The molecule has 1 heterocycles. The fourth-order valence-corrected chi connectivity index (χ4v) is 1.54. The van der Waals surface area contributed by atoms with Crippen molar-refractivity contribution in [3.05, 3.63) is 29.6 Å². The van der Waals surface area contributed by atoms with E-state index in [1.54, 1.807) is 0 Å². The molecule has 3 nitrogen and oxygen atoms in total. The summed E-state index contributed by atoms with van der Waals surface area (Å²) in [6.45, 7) is 0. The smallest absolute Gasteiger partial charge is 0.390 e. The van der Waals surface area contributed by atoms with Crippen LogP contribution in [0.15, 0.2) is 18.3 Å². The number of rotatable bonds is 4. The van der Waals surface area contributed by atoms with E-state index < -0.39 is 23.9 Å². The summed E-state index contributed by atoms with van der Waals surface area (Å²) in [5.41, 5.74) is -1.10. The van der Waals surface area contributed by atoms with Crippen LogP contribution >= 0.6 is 12.6 Å². The Hall–Kier alpha value is -0.790. The molecule has 0 saturated carbocycles. The molecule has 0 aliphatic carbocycles. The molecule has 0 aliphatic rings. The first-order chi connectivity index (χ1) is 7.86. The molecule has 0 bridgehead atoms. The van der Waals surface area contributed by atoms with E-state index in [1.807, 2.05) is 0 Å². The quantitative estimate of drug-likeness (QED) is 0.729. The van der Waals surface area contributed by atoms with Crippen LogP contribution < -0.4 is 0 Å². The van der Waals surface area contributed by atoms with Gasteiger partial charge in [-0.3, -0.25) is 4.98 Å². The molecular formula is C10H12F3NO2S. The number of hydrogen-bond donors (Lipinski definition) is 3. The first kappa shape index (κ1) is 14.3. The summed E-state index contributed by atoms with van der Waals surface area (Å²) >= 11 is 3.86. The van der Waals surface area contributed by atoms with Gasteiger partial charge in [0.05, 0.1) is 17.4 Å². The number of thiol groups is 1. The van der Waals surface area contributed by atoms with E-state index in [1.165, 1.54) is 0 Å². The highest BCUT2D eigenvalue weighted by Gasteiger charge is 2.31. The maximum absolute atomic E-state index is 12.4. The van der Waals surface area contributed by atoms with Crippen molar-refractivity contribution in [2.45, 2.75) is 24.8 Å². The van der Waals surface area contributed by atoms with Crippen molar-refractivity contribution in [3.8, 4) is 0 Å². The van der Waals surface area contributed by atoms with E-state index in [0.717, 1.165) is 18.3 Å². The van der Waals surface area contributed by atoms with Gasteiger partial charge in [0.15, 0.2) is 0 Å². The molecule has 2 N–H and O–H groups in total. The molecule has 0 aliphatic heterocycles. The molecule has 96 valence electrons. The molecule has 0 radical (unpaired) electrons. The van der Waals surface area contributed by atoms with Crippen LogP contribution in [-0.4, -0.2) is 27.1 Å². The molecule has 1 aromatic rings. The van der Waals surface area contributed by atoms with Crippen LogP contribution in [-0.2, 0) is 6.18 Å². The zero-order valence-corrected chi connectivity index (χ0v) is 9.62. The van der Waals surface area contributed by atoms with Gasteiger partial charge in [-0.1, -0.05) is 0 Å². The number of nitrogens with zero attached hydrogens (tertiary/aromatic N) is 1. The van der Waals surface area contributed by atoms with E-state index in [0.29, 0.717) is 5.75 Å². The Balaban J connectivity index is 2.92. The highest BCUT2D eigenvalue weighted by atomic mass is 32.1. The predicted octanol–water partition coefficient (Wildman–Crippen LogP) is 1.81. The van der Waals surface area contributed by atoms with Crippen LogP contribution in [0.5, 0.6) is 0 Å². The largest absolute Gasteiger partial charge is 0.416 e. The summed E-state index contributed by atoms with van der Waals surface area (Å²) in [6, 6.07) is 1.54. The Morgan fingerprint density at radius 1 is 1.35 bits per heavy atom. The number of aromatic nitrogens is 1. The fraction of sp³-hybridized carbons (Fsp3) is 0.500. The van der Waals surface area contributed by atoms with Crippen molar-refractivity contribution >= 4 is 12.6 Å². The average Bonchev–Trinajstić information content (AvgIpc) is 2.27. The highest BCUT2D eigenvalue weighted by molar-refractivity contribution is 7.80. The SMILES string of the molecule is OC(CCS)C(O)c1cc(C(F)(F)F)ccn1. The van der Waals surface area contributed by atoms with Crippen molar-refractivity contribution < 1.29 is 23.4 Å². The highest BCUT2D eigenvalue weighted by Crippen LogP contribution is 2.30. The minimum Gasteiger partial charge on any atom is -0.390 e. The maximum Gasteiger partial charge on any atom is 0.416 e. The average molecular weight is 267 g/mol. The maximum atomic E-state index is 12.4. The van der Waals surface area contributed by atoms with Gasteiger partial charge in [0, 0.05) is 6.20 Å². The minimum absolute atomic E-state index is 0.169. The van der Waals surface area contributed by atoms with Crippen LogP contribution in [0.1, 0.15) is 23.8 Å². The second-order valence-corrected chi connectivity index (χ2v) is 3.94. The molecule has 1 rings (SSSR count). The molecule has 1 aromatic heterocycles. The van der Waals surface area contributed by atoms with Crippen molar-refractivity contribution in [1.82, 2.24) is 4.98 Å². The van der Waals surface area contributed by atoms with Gasteiger partial charge in [-0.25, -0.2) is 0 Å². The van der Waals surface area contributed by atoms with Crippen LogP contribution in [0.2, 0.25) is 0 Å². The number of halogens is 3. The fourth-order valence-electron chi connectivity index (χ4n) is 1.27. The van der Waals surface area contributed by atoms with Gasteiger partial charge in [-0.05, 0) is 24.3 Å². The Kier molecular flexibility index (Phi) is 4.79. The van der Waals surface area contributed by atoms with Crippen LogP contribution in [0.25, 0.3) is 0 Å². The Morgan fingerprint density at radius 2 is 2.00 bits per heavy atom. The van der Waals surface area contributed by atoms with Crippen molar-refractivity contribution in [1.29, 1.82) is 0 Å². The third-order valence-corrected chi connectivity index (χ3v) is 2.46. The number of alkyl halides is 3. The molecule has 2 atom stereocenters. The first-order valence-corrected chi connectivity index (χ1v) is 5.49. The molecule has 2 unspecified atom stereocenters. The zero-order valence-electron chi connectivity index (χ0n) is 8.72. The van der Waals surface area contributed by atoms with Crippen LogP contribution in [0.3, 0.4) is 0 Å². The first-order valence-electron chi connectivity index (χ1n) is 4.86. The van der Waals surface area contributed by atoms with E-state index in [2.05, 4.69) is 17.6 Å². The normalized spacial score (nSPS) is 15.6. The van der Waals surface area contributed by atoms with Gasteiger partial charge >= 0.3 is 6.18 Å². The van der Waals surface area contributed by atoms with Gasteiger partial charge in [0.1, 0.15) is 6.10 Å². The van der Waals surface area contributed by atoms with Gasteiger partial charge in [-0.15, -0.1) is 0 Å². The van der Waals surface area contributed by atoms with E-state index >= 15 is 0 Å². The predicted molar refractivity (Wildman–Crippen MR) is 58.7 cm³/mol. The summed E-state index contributed by atoms with van der Waals surface area (Å²) in [5, 5.41) is 19.0. The number of pyridine rings is 1. The monoisotopic (exact) mass is 267 g/mol. The summed E-state index contributed by atoms with van der Waals surface area (Å²) in [5.74, 6) is 0.317. The molecule has 0 aromatic carbocycles. The second kappa shape index (κ2) is 5.70. The number of hydrogen-bond acceptors (Lipinski definition) is 4. The Bertz CT molecular complexity index is 373. The lowest BCUT2D eigenvalue weighted by Crippen LogP contribution is -2.20. The molecule has 0 saturated heterocycles. The van der Waals surface area contributed by atoms with Gasteiger partial charge in [-0.2, -0.15) is 25.8 Å². The lowest BCUT2D eigenvalue weighted by atomic mass is 10.1. The summed E-state index contributed by atoms with van der Waals surface area (Å²) in [7, 11) is 0. The molecule has 0 fully saturated rings. The van der Waals surface area contributed by atoms with Gasteiger partial charge in [0.25, 0.3) is 0 Å². The topological polar surface area (TPSA) is 53.4 Å². The molecule has 0 amide bonds. The van der Waals surface area contributed by atoms with Crippen molar-refractivity contribution in [3.63, 3.8) is 0 Å². The zero-order chi connectivity index (χ0) is 13.1. The van der Waals surface area contributed by atoms with E-state index in [-0.39, 0.29) is 12.1 Å². The third-order valence-electron chi connectivity index (χ3n) is 2.20. The number of aliphatic hydroxyl groups is 2. The number of aliphatic hydroxyl groups excluding tert-OH is 2. The van der Waals surface area contributed by atoms with Crippen LogP contribution in [0.4, 0.5) is 13.2 Å². The van der Waals surface area contributed by atoms with Crippen LogP contribution in [0, 0.1) is 0 Å².